The molecule has 3 rings (SSSR count). The Morgan fingerprint density at radius 1 is 1.18 bits per heavy atom. The average molecular weight is 392 g/mol. The standard InChI is InChI=1S/C22H20N2O3S/c1-3-15(2)27-19-11-7-6-8-16(19)12-20-21(25)24(22(26)28-20)14-18-10-5-4-9-17(18)13-23/h4-12,15H,3,14H2,1-2H3/b20-12+/t15-/m1/s1. The second kappa shape index (κ2) is 8.77. The quantitative estimate of drug-likeness (QED) is 0.649. The van der Waals surface area contributed by atoms with Gasteiger partial charge in [0.2, 0.25) is 0 Å². The molecular formula is C22H20N2O3S. The van der Waals surface area contributed by atoms with Gasteiger partial charge in [0.1, 0.15) is 5.75 Å². The SMILES string of the molecule is CC[C@@H](C)Oc1ccccc1/C=C1/SC(=O)N(Cc2ccccc2C#N)C1=O. The van der Waals surface area contributed by atoms with Gasteiger partial charge in [-0.25, -0.2) is 0 Å². The summed E-state index contributed by atoms with van der Waals surface area (Å²) in [5.41, 5.74) is 1.86. The fraction of sp³-hybridized carbons (Fsp3) is 0.227. The van der Waals surface area contributed by atoms with Crippen LogP contribution < -0.4 is 4.74 Å². The molecule has 142 valence electrons. The van der Waals surface area contributed by atoms with Crippen LogP contribution >= 0.6 is 11.8 Å². The maximum absolute atomic E-state index is 12.8. The second-order valence-corrected chi connectivity index (χ2v) is 7.40. The third-order valence-corrected chi connectivity index (χ3v) is 5.36. The molecule has 0 aliphatic carbocycles. The maximum atomic E-state index is 12.8. The van der Waals surface area contributed by atoms with Gasteiger partial charge in [0.05, 0.1) is 29.2 Å². The minimum atomic E-state index is -0.360. The third-order valence-electron chi connectivity index (χ3n) is 4.45. The van der Waals surface area contributed by atoms with Gasteiger partial charge in [-0.2, -0.15) is 5.26 Å². The van der Waals surface area contributed by atoms with Crippen LogP contribution in [0, 0.1) is 11.3 Å². The number of imide groups is 1. The minimum absolute atomic E-state index is 0.0482. The molecular weight excluding hydrogens is 372 g/mol. The lowest BCUT2D eigenvalue weighted by molar-refractivity contribution is -0.123. The topological polar surface area (TPSA) is 70.4 Å². The highest BCUT2D eigenvalue weighted by molar-refractivity contribution is 8.18. The van der Waals surface area contributed by atoms with Gasteiger partial charge in [-0.1, -0.05) is 43.3 Å². The van der Waals surface area contributed by atoms with Crippen molar-refractivity contribution in [1.29, 1.82) is 5.26 Å². The van der Waals surface area contributed by atoms with E-state index in [1.54, 1.807) is 30.3 Å². The van der Waals surface area contributed by atoms with E-state index in [0.29, 0.717) is 21.8 Å². The van der Waals surface area contributed by atoms with E-state index in [1.807, 2.05) is 38.1 Å². The number of ether oxygens (including phenoxy) is 1. The first-order valence-electron chi connectivity index (χ1n) is 9.02. The Morgan fingerprint density at radius 3 is 2.64 bits per heavy atom. The molecule has 1 aliphatic heterocycles. The summed E-state index contributed by atoms with van der Waals surface area (Å²) in [7, 11) is 0. The molecule has 2 aromatic carbocycles. The van der Waals surface area contributed by atoms with Crippen LogP contribution in [-0.4, -0.2) is 22.2 Å². The van der Waals surface area contributed by atoms with E-state index < -0.39 is 0 Å². The van der Waals surface area contributed by atoms with Crippen molar-refractivity contribution in [3.8, 4) is 11.8 Å². The minimum Gasteiger partial charge on any atom is -0.490 e. The summed E-state index contributed by atoms with van der Waals surface area (Å²) in [5.74, 6) is 0.319. The van der Waals surface area contributed by atoms with E-state index in [1.165, 1.54) is 4.90 Å². The van der Waals surface area contributed by atoms with E-state index in [0.717, 1.165) is 23.7 Å². The van der Waals surface area contributed by atoms with Crippen molar-refractivity contribution in [1.82, 2.24) is 4.90 Å². The van der Waals surface area contributed by atoms with Gasteiger partial charge < -0.3 is 4.74 Å². The highest BCUT2D eigenvalue weighted by Crippen LogP contribution is 2.35. The smallest absolute Gasteiger partial charge is 0.293 e. The zero-order valence-electron chi connectivity index (χ0n) is 15.7. The summed E-state index contributed by atoms with van der Waals surface area (Å²) in [6, 6.07) is 16.5. The monoisotopic (exact) mass is 392 g/mol. The molecule has 1 fully saturated rings. The van der Waals surface area contributed by atoms with Crippen molar-refractivity contribution in [2.75, 3.05) is 0 Å². The number of hydrogen-bond acceptors (Lipinski definition) is 5. The third kappa shape index (κ3) is 4.26. The lowest BCUT2D eigenvalue weighted by Crippen LogP contribution is -2.27. The number of rotatable bonds is 6. The molecule has 2 aromatic rings. The van der Waals surface area contributed by atoms with Gasteiger partial charge in [0, 0.05) is 5.56 Å². The fourth-order valence-electron chi connectivity index (χ4n) is 2.72. The Labute approximate surface area is 168 Å². The first kappa shape index (κ1) is 19.7. The Kier molecular flexibility index (Phi) is 6.17. The summed E-state index contributed by atoms with van der Waals surface area (Å²) in [4.78, 5) is 26.7. The van der Waals surface area contributed by atoms with Crippen LogP contribution in [0.3, 0.4) is 0 Å². The van der Waals surface area contributed by atoms with Crippen LogP contribution in [0.4, 0.5) is 4.79 Å². The van der Waals surface area contributed by atoms with Crippen molar-refractivity contribution < 1.29 is 14.3 Å². The number of carbonyl (C=O) groups excluding carboxylic acids is 2. The van der Waals surface area contributed by atoms with Gasteiger partial charge in [0.25, 0.3) is 11.1 Å². The van der Waals surface area contributed by atoms with Crippen LogP contribution in [0.1, 0.15) is 37.0 Å². The Bertz CT molecular complexity index is 978. The molecule has 5 nitrogen and oxygen atoms in total. The fourth-order valence-corrected chi connectivity index (χ4v) is 3.55. The van der Waals surface area contributed by atoms with E-state index in [4.69, 9.17) is 4.74 Å². The summed E-state index contributed by atoms with van der Waals surface area (Å²) in [6.07, 6.45) is 2.61. The predicted octanol–water partition coefficient (Wildman–Crippen LogP) is 4.97. The molecule has 0 spiro atoms. The highest BCUT2D eigenvalue weighted by Gasteiger charge is 2.35. The van der Waals surface area contributed by atoms with Crippen molar-refractivity contribution in [2.45, 2.75) is 32.9 Å². The predicted molar refractivity (Wildman–Crippen MR) is 109 cm³/mol. The van der Waals surface area contributed by atoms with Crippen LogP contribution in [-0.2, 0) is 11.3 Å². The first-order chi connectivity index (χ1) is 13.5. The number of thioether (sulfide) groups is 1. The van der Waals surface area contributed by atoms with Gasteiger partial charge in [-0.05, 0) is 48.9 Å². The number of para-hydroxylation sites is 1. The van der Waals surface area contributed by atoms with E-state index in [2.05, 4.69) is 6.07 Å². The molecule has 1 aliphatic rings. The van der Waals surface area contributed by atoms with E-state index in [-0.39, 0.29) is 23.8 Å². The van der Waals surface area contributed by atoms with Gasteiger partial charge in [-0.3, -0.25) is 14.5 Å². The number of benzene rings is 2. The van der Waals surface area contributed by atoms with Crippen molar-refractivity contribution in [3.63, 3.8) is 0 Å². The first-order valence-corrected chi connectivity index (χ1v) is 9.84. The summed E-state index contributed by atoms with van der Waals surface area (Å²) < 4.78 is 5.92. The number of nitrogens with zero attached hydrogens (tertiary/aromatic N) is 2. The van der Waals surface area contributed by atoms with E-state index >= 15 is 0 Å². The molecule has 0 N–H and O–H groups in total. The molecule has 0 saturated carbocycles. The number of hydrogen-bond donors (Lipinski definition) is 0. The molecule has 2 amide bonds. The molecule has 1 saturated heterocycles. The Morgan fingerprint density at radius 2 is 1.89 bits per heavy atom. The molecule has 0 unspecified atom stereocenters. The molecule has 6 heteroatoms. The van der Waals surface area contributed by atoms with Crippen LogP contribution in [0.15, 0.2) is 53.4 Å². The highest BCUT2D eigenvalue weighted by atomic mass is 32.2. The second-order valence-electron chi connectivity index (χ2n) is 6.41. The largest absolute Gasteiger partial charge is 0.490 e. The van der Waals surface area contributed by atoms with Crippen LogP contribution in [0.2, 0.25) is 0 Å². The van der Waals surface area contributed by atoms with Gasteiger partial charge >= 0.3 is 0 Å². The molecule has 1 heterocycles. The van der Waals surface area contributed by atoms with Gasteiger partial charge in [-0.15, -0.1) is 0 Å². The Balaban J connectivity index is 1.85. The molecule has 0 bridgehead atoms. The van der Waals surface area contributed by atoms with E-state index in [9.17, 15) is 14.9 Å². The summed E-state index contributed by atoms with van der Waals surface area (Å²) in [5, 5.41) is 8.88. The van der Waals surface area contributed by atoms with Crippen molar-refractivity contribution >= 4 is 29.0 Å². The zero-order valence-corrected chi connectivity index (χ0v) is 16.5. The average Bonchev–Trinajstić information content (AvgIpc) is 2.97. The maximum Gasteiger partial charge on any atom is 0.293 e. The van der Waals surface area contributed by atoms with Crippen molar-refractivity contribution in [2.24, 2.45) is 0 Å². The lowest BCUT2D eigenvalue weighted by atomic mass is 10.1. The number of nitriles is 1. The molecule has 1 atom stereocenters. The lowest BCUT2D eigenvalue weighted by Gasteiger charge is -2.15. The number of amides is 2. The van der Waals surface area contributed by atoms with Gasteiger partial charge in [0.15, 0.2) is 0 Å². The molecule has 0 aromatic heterocycles. The van der Waals surface area contributed by atoms with Crippen LogP contribution in [0.25, 0.3) is 6.08 Å². The molecule has 28 heavy (non-hydrogen) atoms. The van der Waals surface area contributed by atoms with Crippen LogP contribution in [0.5, 0.6) is 5.75 Å². The zero-order chi connectivity index (χ0) is 20.1. The molecule has 0 radical (unpaired) electrons. The van der Waals surface area contributed by atoms with Crippen molar-refractivity contribution in [3.05, 3.63) is 70.1 Å². The summed E-state index contributed by atoms with van der Waals surface area (Å²) in [6.45, 7) is 4.10. The summed E-state index contributed by atoms with van der Waals surface area (Å²) >= 11 is 0.903. The Hall–Kier alpha value is -3.04. The number of carbonyl (C=O) groups is 2. The normalized spacial score (nSPS) is 16.3.